The van der Waals surface area contributed by atoms with Crippen LogP contribution in [0.15, 0.2) is 76.5 Å². The lowest BCUT2D eigenvalue weighted by molar-refractivity contribution is 0.102. The smallest absolute Gasteiger partial charge is 0.257 e. The van der Waals surface area contributed by atoms with Crippen molar-refractivity contribution in [2.75, 3.05) is 22.9 Å². The Morgan fingerprint density at radius 2 is 1.63 bits per heavy atom. The highest BCUT2D eigenvalue weighted by Gasteiger charge is 2.19. The average molecular weight is 441 g/mol. The van der Waals surface area contributed by atoms with Crippen molar-refractivity contribution in [1.82, 2.24) is 0 Å². The van der Waals surface area contributed by atoms with Crippen LogP contribution < -0.4 is 9.62 Å². The van der Waals surface area contributed by atoms with Crippen LogP contribution in [0.2, 0.25) is 0 Å². The van der Waals surface area contributed by atoms with Crippen LogP contribution in [-0.4, -0.2) is 27.6 Å². The number of hydrogen-bond donors (Lipinski definition) is 1. The van der Waals surface area contributed by atoms with Crippen molar-refractivity contribution in [3.63, 3.8) is 0 Å². The van der Waals surface area contributed by atoms with Gasteiger partial charge in [-0.25, -0.2) is 8.42 Å². The van der Waals surface area contributed by atoms with Crippen molar-refractivity contribution in [2.24, 2.45) is 0 Å². The second-order valence-corrected chi connectivity index (χ2v) is 10.2. The SMILES string of the molecule is Cc1ccc(C)c(Sc2ccc(NC(=O)c3ccccc3N(C)S(C)(=O)=O)cc2)c1. The van der Waals surface area contributed by atoms with Crippen LogP contribution in [0.1, 0.15) is 21.5 Å². The zero-order valence-electron chi connectivity index (χ0n) is 17.3. The van der Waals surface area contributed by atoms with E-state index in [1.807, 2.05) is 24.3 Å². The predicted molar refractivity (Wildman–Crippen MR) is 124 cm³/mol. The van der Waals surface area contributed by atoms with E-state index < -0.39 is 10.0 Å². The van der Waals surface area contributed by atoms with Gasteiger partial charge in [0, 0.05) is 22.5 Å². The second kappa shape index (κ2) is 8.93. The van der Waals surface area contributed by atoms with Crippen molar-refractivity contribution < 1.29 is 13.2 Å². The molecular weight excluding hydrogens is 416 g/mol. The minimum Gasteiger partial charge on any atom is -0.322 e. The molecule has 156 valence electrons. The van der Waals surface area contributed by atoms with Gasteiger partial charge in [-0.15, -0.1) is 0 Å². The molecule has 0 saturated carbocycles. The molecular formula is C23H24N2O3S2. The first-order chi connectivity index (χ1) is 14.1. The van der Waals surface area contributed by atoms with E-state index in [1.165, 1.54) is 23.1 Å². The van der Waals surface area contributed by atoms with Gasteiger partial charge in [0.2, 0.25) is 10.0 Å². The summed E-state index contributed by atoms with van der Waals surface area (Å²) in [6, 6.07) is 20.6. The topological polar surface area (TPSA) is 66.5 Å². The number of aryl methyl sites for hydroxylation is 2. The predicted octanol–water partition coefficient (Wildman–Crippen LogP) is 5.10. The van der Waals surface area contributed by atoms with Gasteiger partial charge in [0.05, 0.1) is 17.5 Å². The highest BCUT2D eigenvalue weighted by Crippen LogP contribution is 2.32. The summed E-state index contributed by atoms with van der Waals surface area (Å²) in [7, 11) is -2.04. The first-order valence-corrected chi connectivity index (χ1v) is 12.0. The second-order valence-electron chi connectivity index (χ2n) is 7.10. The summed E-state index contributed by atoms with van der Waals surface area (Å²) >= 11 is 1.68. The van der Waals surface area contributed by atoms with Crippen LogP contribution in [0.5, 0.6) is 0 Å². The Morgan fingerprint density at radius 3 is 2.30 bits per heavy atom. The van der Waals surface area contributed by atoms with Gasteiger partial charge in [-0.3, -0.25) is 9.10 Å². The fraction of sp³-hybridized carbons (Fsp3) is 0.174. The third kappa shape index (κ3) is 5.23. The van der Waals surface area contributed by atoms with Crippen molar-refractivity contribution >= 4 is 39.1 Å². The third-order valence-corrected chi connectivity index (χ3v) is 7.03. The molecule has 1 amide bonds. The van der Waals surface area contributed by atoms with Gasteiger partial charge >= 0.3 is 0 Å². The highest BCUT2D eigenvalue weighted by atomic mass is 32.2. The molecule has 0 spiro atoms. The molecule has 0 aliphatic rings. The maximum Gasteiger partial charge on any atom is 0.257 e. The molecule has 0 aliphatic carbocycles. The monoisotopic (exact) mass is 440 g/mol. The van der Waals surface area contributed by atoms with E-state index in [2.05, 4.69) is 37.4 Å². The molecule has 0 aromatic heterocycles. The van der Waals surface area contributed by atoms with Gasteiger partial charge in [-0.2, -0.15) is 0 Å². The number of para-hydroxylation sites is 1. The Bertz CT molecular complexity index is 1170. The number of rotatable bonds is 6. The lowest BCUT2D eigenvalue weighted by Crippen LogP contribution is -2.27. The minimum absolute atomic E-state index is 0.291. The summed E-state index contributed by atoms with van der Waals surface area (Å²) < 4.78 is 24.9. The first kappa shape index (κ1) is 21.9. The Balaban J connectivity index is 1.76. The van der Waals surface area contributed by atoms with E-state index in [1.54, 1.807) is 36.0 Å². The fourth-order valence-corrected chi connectivity index (χ4v) is 4.38. The van der Waals surface area contributed by atoms with Crippen LogP contribution in [0.4, 0.5) is 11.4 Å². The Hall–Kier alpha value is -2.77. The number of nitrogens with zero attached hydrogens (tertiary/aromatic N) is 1. The van der Waals surface area contributed by atoms with Crippen LogP contribution >= 0.6 is 11.8 Å². The van der Waals surface area contributed by atoms with Crippen molar-refractivity contribution in [3.05, 3.63) is 83.4 Å². The van der Waals surface area contributed by atoms with E-state index in [9.17, 15) is 13.2 Å². The van der Waals surface area contributed by atoms with E-state index in [4.69, 9.17) is 0 Å². The van der Waals surface area contributed by atoms with Gasteiger partial charge in [0.1, 0.15) is 0 Å². The summed E-state index contributed by atoms with van der Waals surface area (Å²) in [6.45, 7) is 4.16. The Kier molecular flexibility index (Phi) is 6.53. The molecule has 0 aliphatic heterocycles. The first-order valence-electron chi connectivity index (χ1n) is 9.34. The van der Waals surface area contributed by atoms with Gasteiger partial charge < -0.3 is 5.32 Å². The molecule has 0 atom stereocenters. The maximum atomic E-state index is 12.8. The van der Waals surface area contributed by atoms with Gasteiger partial charge in [0.15, 0.2) is 0 Å². The van der Waals surface area contributed by atoms with Crippen LogP contribution in [-0.2, 0) is 10.0 Å². The fourth-order valence-electron chi connectivity index (χ4n) is 2.87. The largest absolute Gasteiger partial charge is 0.322 e. The Morgan fingerprint density at radius 1 is 0.967 bits per heavy atom. The van der Waals surface area contributed by atoms with E-state index in [0.29, 0.717) is 16.9 Å². The van der Waals surface area contributed by atoms with Crippen LogP contribution in [0.25, 0.3) is 0 Å². The molecule has 1 N–H and O–H groups in total. The molecule has 0 saturated heterocycles. The summed E-state index contributed by atoms with van der Waals surface area (Å²) in [5.41, 5.74) is 3.69. The molecule has 3 aromatic carbocycles. The lowest BCUT2D eigenvalue weighted by atomic mass is 10.1. The van der Waals surface area contributed by atoms with Crippen molar-refractivity contribution in [1.29, 1.82) is 0 Å². The molecule has 0 radical (unpaired) electrons. The molecule has 7 heteroatoms. The molecule has 30 heavy (non-hydrogen) atoms. The van der Waals surface area contributed by atoms with E-state index >= 15 is 0 Å². The highest BCUT2D eigenvalue weighted by molar-refractivity contribution is 7.99. The number of benzene rings is 3. The molecule has 0 fully saturated rings. The zero-order chi connectivity index (χ0) is 21.9. The number of carbonyl (C=O) groups is 1. The molecule has 0 heterocycles. The summed E-state index contributed by atoms with van der Waals surface area (Å²) in [6.07, 6.45) is 1.11. The number of amides is 1. The molecule has 0 unspecified atom stereocenters. The number of sulfonamides is 1. The lowest BCUT2D eigenvalue weighted by Gasteiger charge is -2.19. The van der Waals surface area contributed by atoms with Crippen LogP contribution in [0.3, 0.4) is 0 Å². The Labute approximate surface area is 182 Å². The normalized spacial score (nSPS) is 11.2. The summed E-state index contributed by atoms with van der Waals surface area (Å²) in [4.78, 5) is 15.1. The summed E-state index contributed by atoms with van der Waals surface area (Å²) in [5, 5.41) is 2.85. The molecule has 0 bridgehead atoms. The van der Waals surface area contributed by atoms with Gasteiger partial charge in [-0.1, -0.05) is 36.0 Å². The molecule has 5 nitrogen and oxygen atoms in total. The quantitative estimate of drug-likeness (QED) is 0.579. The maximum absolute atomic E-state index is 12.8. The standard InChI is InChI=1S/C23H24N2O3S2/c1-16-9-10-17(2)22(15-16)29-19-13-11-18(12-14-19)24-23(26)20-7-5-6-8-21(20)25(3)30(4,27)28/h5-15H,1-4H3,(H,24,26). The van der Waals surface area contributed by atoms with Crippen molar-refractivity contribution in [3.8, 4) is 0 Å². The van der Waals surface area contributed by atoms with Gasteiger partial charge in [0.25, 0.3) is 5.91 Å². The number of anilines is 2. The minimum atomic E-state index is -3.48. The van der Waals surface area contributed by atoms with E-state index in [-0.39, 0.29) is 5.91 Å². The van der Waals surface area contributed by atoms with Crippen molar-refractivity contribution in [2.45, 2.75) is 23.6 Å². The number of nitrogens with one attached hydrogen (secondary N) is 1. The third-order valence-electron chi connectivity index (χ3n) is 4.67. The average Bonchev–Trinajstić information content (AvgIpc) is 2.71. The van der Waals surface area contributed by atoms with E-state index in [0.717, 1.165) is 15.5 Å². The number of hydrogen-bond acceptors (Lipinski definition) is 4. The van der Waals surface area contributed by atoms with Crippen LogP contribution in [0, 0.1) is 13.8 Å². The number of carbonyl (C=O) groups excluding carboxylic acids is 1. The molecule has 3 rings (SSSR count). The molecule has 3 aromatic rings. The van der Waals surface area contributed by atoms with Gasteiger partial charge in [-0.05, 0) is 67.4 Å². The zero-order valence-corrected chi connectivity index (χ0v) is 19.0. The summed E-state index contributed by atoms with van der Waals surface area (Å²) in [5.74, 6) is -0.365.